The van der Waals surface area contributed by atoms with E-state index in [0.717, 1.165) is 33.7 Å². The van der Waals surface area contributed by atoms with E-state index in [4.69, 9.17) is 9.47 Å². The maximum absolute atomic E-state index is 13.2. The zero-order valence-corrected chi connectivity index (χ0v) is 21.2. The van der Waals surface area contributed by atoms with Crippen molar-refractivity contribution < 1.29 is 9.47 Å². The zero-order chi connectivity index (χ0) is 24.5. The van der Waals surface area contributed by atoms with Crippen LogP contribution < -0.4 is 19.6 Å². The second-order valence-corrected chi connectivity index (χ2v) is 10.1. The zero-order valence-electron chi connectivity index (χ0n) is 20.4. The number of fused-ring (bicyclic) bond motifs is 3. The Morgan fingerprint density at radius 2 is 1.66 bits per heavy atom. The molecule has 2 aromatic heterocycles. The summed E-state index contributed by atoms with van der Waals surface area (Å²) in [5.74, 6) is 2.02. The molecule has 0 spiro atoms. The molecule has 0 aliphatic carbocycles. The molecule has 2 heterocycles. The van der Waals surface area contributed by atoms with Gasteiger partial charge in [-0.1, -0.05) is 61.1 Å². The summed E-state index contributed by atoms with van der Waals surface area (Å²) in [6.45, 7) is 9.26. The molecule has 0 saturated carbocycles. The van der Waals surface area contributed by atoms with Crippen LogP contribution in [0.5, 0.6) is 11.5 Å². The molecule has 0 aliphatic heterocycles. The lowest BCUT2D eigenvalue weighted by Gasteiger charge is -2.16. The topological polar surface area (TPSA) is 52.8 Å². The highest BCUT2D eigenvalue weighted by atomic mass is 32.1. The molecule has 5 rings (SSSR count). The Bertz CT molecular complexity index is 1630. The van der Waals surface area contributed by atoms with Crippen LogP contribution in [0.4, 0.5) is 0 Å². The summed E-state index contributed by atoms with van der Waals surface area (Å²) in [6, 6.07) is 20.0. The lowest BCUT2D eigenvalue weighted by atomic mass is 10.0. The number of aryl methyl sites for hydroxylation is 2. The normalized spacial score (nSPS) is 12.2. The lowest BCUT2D eigenvalue weighted by molar-refractivity contribution is 0.215. The molecule has 6 heteroatoms. The summed E-state index contributed by atoms with van der Waals surface area (Å²) in [5.41, 5.74) is 5.93. The van der Waals surface area contributed by atoms with Gasteiger partial charge in [-0.25, -0.2) is 9.38 Å². The van der Waals surface area contributed by atoms with Crippen LogP contribution in [0.25, 0.3) is 22.1 Å². The van der Waals surface area contributed by atoms with Crippen molar-refractivity contribution in [3.05, 3.63) is 97.8 Å². The van der Waals surface area contributed by atoms with Gasteiger partial charge in [-0.2, -0.15) is 0 Å². The van der Waals surface area contributed by atoms with E-state index in [1.807, 2.05) is 55.5 Å². The van der Waals surface area contributed by atoms with Crippen LogP contribution >= 0.6 is 11.3 Å². The Morgan fingerprint density at radius 3 is 2.46 bits per heavy atom. The second kappa shape index (κ2) is 9.55. The first-order valence-electron chi connectivity index (χ1n) is 11.8. The van der Waals surface area contributed by atoms with Gasteiger partial charge in [0.2, 0.25) is 0 Å². The first kappa shape index (κ1) is 23.1. The average molecular weight is 485 g/mol. The monoisotopic (exact) mass is 484 g/mol. The van der Waals surface area contributed by atoms with Gasteiger partial charge in [0.05, 0.1) is 15.6 Å². The molecule has 0 saturated heterocycles. The maximum atomic E-state index is 13.2. The first-order valence-corrected chi connectivity index (χ1v) is 12.6. The highest BCUT2D eigenvalue weighted by Gasteiger charge is 2.12. The quantitative estimate of drug-likeness (QED) is 0.280. The highest BCUT2D eigenvalue weighted by molar-refractivity contribution is 7.15. The van der Waals surface area contributed by atoms with Crippen LogP contribution in [0.1, 0.15) is 42.0 Å². The molecule has 178 valence electrons. The molecule has 35 heavy (non-hydrogen) atoms. The number of ether oxygens (including phenoxy) is 2. The van der Waals surface area contributed by atoms with E-state index in [9.17, 15) is 4.79 Å². The molecule has 3 aromatic carbocycles. The number of aromatic nitrogens is 2. The van der Waals surface area contributed by atoms with Gasteiger partial charge in [-0.15, -0.1) is 0 Å². The number of imidazole rings is 1. The van der Waals surface area contributed by atoms with Crippen molar-refractivity contribution in [3.8, 4) is 11.5 Å². The lowest BCUT2D eigenvalue weighted by Crippen LogP contribution is -2.22. The minimum Gasteiger partial charge on any atom is -0.490 e. The Balaban J connectivity index is 1.39. The first-order chi connectivity index (χ1) is 16.9. The third kappa shape index (κ3) is 4.66. The molecule has 0 unspecified atom stereocenters. The van der Waals surface area contributed by atoms with Gasteiger partial charge in [0.25, 0.3) is 5.56 Å². The van der Waals surface area contributed by atoms with Crippen LogP contribution in [0.3, 0.4) is 0 Å². The van der Waals surface area contributed by atoms with E-state index in [-0.39, 0.29) is 5.56 Å². The Labute approximate surface area is 208 Å². The standard InChI is InChI=1S/C29H28N2O3S/c1-18(2)22-11-9-20(4)16-26(22)34-14-13-33-25-12-10-19(3)15-21(25)17-27-28(32)31-24-8-6-5-7-23(24)30-29(31)35-27/h5-12,15-18H,13-14H2,1-4H3/b27-17-. The number of hydrogen-bond donors (Lipinski definition) is 0. The van der Waals surface area contributed by atoms with E-state index in [0.29, 0.717) is 28.6 Å². The van der Waals surface area contributed by atoms with Crippen molar-refractivity contribution in [2.45, 2.75) is 33.6 Å². The van der Waals surface area contributed by atoms with E-state index in [1.54, 1.807) is 4.40 Å². The summed E-state index contributed by atoms with van der Waals surface area (Å²) in [4.78, 5) is 18.5. The van der Waals surface area contributed by atoms with Crippen LogP contribution in [0.2, 0.25) is 0 Å². The van der Waals surface area contributed by atoms with Gasteiger partial charge in [0, 0.05) is 5.56 Å². The fourth-order valence-corrected chi connectivity index (χ4v) is 5.19. The van der Waals surface area contributed by atoms with Gasteiger partial charge in [-0.3, -0.25) is 4.79 Å². The number of thiazole rings is 1. The number of para-hydroxylation sites is 2. The Kier molecular flexibility index (Phi) is 6.31. The maximum Gasteiger partial charge on any atom is 0.274 e. The molecular weight excluding hydrogens is 456 g/mol. The van der Waals surface area contributed by atoms with E-state index < -0.39 is 0 Å². The van der Waals surface area contributed by atoms with Crippen molar-refractivity contribution >= 4 is 33.4 Å². The smallest absolute Gasteiger partial charge is 0.274 e. The van der Waals surface area contributed by atoms with Gasteiger partial charge >= 0.3 is 0 Å². The van der Waals surface area contributed by atoms with Gasteiger partial charge in [0.1, 0.15) is 24.7 Å². The SMILES string of the molecule is Cc1ccc(OCCOc2cc(C)ccc2C(C)C)c(/C=c2\sc3nc4ccccc4n3c2=O)c1. The largest absolute Gasteiger partial charge is 0.490 e. The predicted octanol–water partition coefficient (Wildman–Crippen LogP) is 5.65. The van der Waals surface area contributed by atoms with Crippen LogP contribution in [0, 0.1) is 13.8 Å². The molecule has 0 bridgehead atoms. The van der Waals surface area contributed by atoms with E-state index in [1.165, 1.54) is 22.5 Å². The molecule has 0 aliphatic rings. The second-order valence-electron chi connectivity index (χ2n) is 9.07. The number of benzene rings is 3. The summed E-state index contributed by atoms with van der Waals surface area (Å²) in [6.07, 6.45) is 1.90. The third-order valence-corrected chi connectivity index (χ3v) is 6.96. The fourth-order valence-electron chi connectivity index (χ4n) is 4.21. The minimum atomic E-state index is -0.0600. The Hall–Kier alpha value is -3.64. The summed E-state index contributed by atoms with van der Waals surface area (Å²) >= 11 is 1.39. The molecular formula is C29H28N2O3S. The van der Waals surface area contributed by atoms with Crippen LogP contribution in [0.15, 0.2) is 65.5 Å². The number of hydrogen-bond acceptors (Lipinski definition) is 5. The van der Waals surface area contributed by atoms with Gasteiger partial charge in [0.15, 0.2) is 4.96 Å². The fraction of sp³-hybridized carbons (Fsp3) is 0.241. The minimum absolute atomic E-state index is 0.0600. The molecule has 5 nitrogen and oxygen atoms in total. The van der Waals surface area contributed by atoms with Gasteiger partial charge in [-0.05, 0) is 67.3 Å². The molecule has 0 amide bonds. The summed E-state index contributed by atoms with van der Waals surface area (Å²) in [5, 5.41) is 0. The third-order valence-electron chi connectivity index (χ3n) is 5.99. The van der Waals surface area contributed by atoms with Gasteiger partial charge < -0.3 is 9.47 Å². The molecule has 0 radical (unpaired) electrons. The number of rotatable bonds is 7. The summed E-state index contributed by atoms with van der Waals surface area (Å²) < 4.78 is 14.5. The van der Waals surface area contributed by atoms with Crippen molar-refractivity contribution in [1.82, 2.24) is 9.38 Å². The van der Waals surface area contributed by atoms with Crippen molar-refractivity contribution in [3.63, 3.8) is 0 Å². The van der Waals surface area contributed by atoms with Crippen molar-refractivity contribution in [2.75, 3.05) is 13.2 Å². The van der Waals surface area contributed by atoms with Crippen molar-refractivity contribution in [2.24, 2.45) is 0 Å². The van der Waals surface area contributed by atoms with Crippen molar-refractivity contribution in [1.29, 1.82) is 0 Å². The Morgan fingerprint density at radius 1 is 0.943 bits per heavy atom. The number of nitrogens with zero attached hydrogens (tertiary/aromatic N) is 2. The molecule has 0 fully saturated rings. The molecule has 5 aromatic rings. The molecule has 0 atom stereocenters. The van der Waals surface area contributed by atoms with Crippen LogP contribution in [-0.2, 0) is 0 Å². The highest BCUT2D eigenvalue weighted by Crippen LogP contribution is 2.28. The molecule has 0 N–H and O–H groups in total. The van der Waals surface area contributed by atoms with E-state index >= 15 is 0 Å². The van der Waals surface area contributed by atoms with Crippen LogP contribution in [-0.4, -0.2) is 22.6 Å². The van der Waals surface area contributed by atoms with E-state index in [2.05, 4.69) is 44.0 Å². The average Bonchev–Trinajstić information content (AvgIpc) is 3.33. The summed E-state index contributed by atoms with van der Waals surface area (Å²) in [7, 11) is 0. The predicted molar refractivity (Wildman–Crippen MR) is 143 cm³/mol.